The lowest BCUT2D eigenvalue weighted by atomic mass is 9.90. The van der Waals surface area contributed by atoms with E-state index in [0.29, 0.717) is 5.92 Å². The monoisotopic (exact) mass is 284 g/mol. The highest BCUT2D eigenvalue weighted by molar-refractivity contribution is 5.39. The summed E-state index contributed by atoms with van der Waals surface area (Å²) in [6.45, 7) is 2.17. The third-order valence-electron chi connectivity index (χ3n) is 3.75. The van der Waals surface area contributed by atoms with Gasteiger partial charge in [0.15, 0.2) is 0 Å². The Hall–Kier alpha value is -2.36. The molecule has 0 bridgehead atoms. The molecular weight excluding hydrogens is 264 g/mol. The van der Waals surface area contributed by atoms with E-state index >= 15 is 0 Å². The molecule has 0 saturated carbocycles. The number of nitrogens with zero attached hydrogens (tertiary/aromatic N) is 1. The third kappa shape index (κ3) is 4.31. The Balaban J connectivity index is 2.01. The van der Waals surface area contributed by atoms with Crippen molar-refractivity contribution in [2.75, 3.05) is 5.73 Å². The number of nitro benzene ring substituents is 1. The van der Waals surface area contributed by atoms with Crippen LogP contribution >= 0.6 is 0 Å². The second kappa shape index (κ2) is 6.88. The van der Waals surface area contributed by atoms with E-state index in [9.17, 15) is 10.1 Å². The molecule has 0 aliphatic heterocycles. The van der Waals surface area contributed by atoms with E-state index in [2.05, 4.69) is 19.1 Å². The van der Waals surface area contributed by atoms with Gasteiger partial charge in [0, 0.05) is 17.8 Å². The Morgan fingerprint density at radius 1 is 1.00 bits per heavy atom. The summed E-state index contributed by atoms with van der Waals surface area (Å²) in [5, 5.41) is 10.7. The fourth-order valence-corrected chi connectivity index (χ4v) is 2.43. The van der Waals surface area contributed by atoms with Crippen molar-refractivity contribution in [3.8, 4) is 0 Å². The Labute approximate surface area is 124 Å². The normalized spacial score (nSPS) is 12.0. The number of nitrogen functional groups attached to an aromatic ring is 1. The van der Waals surface area contributed by atoms with Gasteiger partial charge in [0.2, 0.25) is 0 Å². The van der Waals surface area contributed by atoms with Crippen molar-refractivity contribution in [2.45, 2.75) is 26.2 Å². The zero-order valence-electron chi connectivity index (χ0n) is 12.2. The molecule has 110 valence electrons. The van der Waals surface area contributed by atoms with Gasteiger partial charge in [0.05, 0.1) is 4.92 Å². The molecule has 2 rings (SSSR count). The maximum absolute atomic E-state index is 10.7. The molecule has 0 saturated heterocycles. The molecule has 0 aliphatic carbocycles. The van der Waals surface area contributed by atoms with Crippen LogP contribution in [0.5, 0.6) is 0 Å². The molecule has 2 aromatic rings. The largest absolute Gasteiger partial charge is 0.399 e. The predicted octanol–water partition coefficient (Wildman–Crippen LogP) is 3.99. The lowest BCUT2D eigenvalue weighted by Gasteiger charge is -2.15. The molecule has 0 amide bonds. The molecule has 0 fully saturated rings. The average Bonchev–Trinajstić information content (AvgIpc) is 2.49. The molecule has 4 heteroatoms. The molecule has 0 spiro atoms. The standard InChI is InChI=1S/C17H20N2O2/c1-2-13(11-14-3-7-16(18)8-4-14)12-15-5-9-17(10-6-15)19(20)21/h3-10,13H,2,11-12,18H2,1H3. The smallest absolute Gasteiger partial charge is 0.269 e. The zero-order valence-corrected chi connectivity index (χ0v) is 12.2. The summed E-state index contributed by atoms with van der Waals surface area (Å²) in [6, 6.07) is 14.8. The fourth-order valence-electron chi connectivity index (χ4n) is 2.43. The summed E-state index contributed by atoms with van der Waals surface area (Å²) in [6.07, 6.45) is 2.99. The van der Waals surface area contributed by atoms with Gasteiger partial charge in [0.25, 0.3) is 5.69 Å². The number of nitro groups is 1. The van der Waals surface area contributed by atoms with Crippen molar-refractivity contribution in [1.82, 2.24) is 0 Å². The number of hydrogen-bond acceptors (Lipinski definition) is 3. The quantitative estimate of drug-likeness (QED) is 0.495. The van der Waals surface area contributed by atoms with Crippen LogP contribution in [0.15, 0.2) is 48.5 Å². The summed E-state index contributed by atoms with van der Waals surface area (Å²) in [5.41, 5.74) is 9.04. The van der Waals surface area contributed by atoms with Crippen molar-refractivity contribution in [1.29, 1.82) is 0 Å². The van der Waals surface area contributed by atoms with Crippen LogP contribution in [0, 0.1) is 16.0 Å². The van der Waals surface area contributed by atoms with Gasteiger partial charge in [-0.15, -0.1) is 0 Å². The average molecular weight is 284 g/mol. The molecular formula is C17H20N2O2. The van der Waals surface area contributed by atoms with E-state index in [0.717, 1.165) is 30.5 Å². The van der Waals surface area contributed by atoms with Gasteiger partial charge in [0.1, 0.15) is 0 Å². The van der Waals surface area contributed by atoms with Crippen LogP contribution in [0.3, 0.4) is 0 Å². The van der Waals surface area contributed by atoms with Crippen LogP contribution < -0.4 is 5.73 Å². The Bertz CT molecular complexity index is 591. The van der Waals surface area contributed by atoms with Gasteiger partial charge < -0.3 is 5.73 Å². The minimum atomic E-state index is -0.366. The highest BCUT2D eigenvalue weighted by Gasteiger charge is 2.10. The molecule has 1 unspecified atom stereocenters. The fraction of sp³-hybridized carbons (Fsp3) is 0.294. The zero-order chi connectivity index (χ0) is 15.2. The van der Waals surface area contributed by atoms with Gasteiger partial charge in [-0.3, -0.25) is 10.1 Å². The van der Waals surface area contributed by atoms with E-state index in [1.807, 2.05) is 24.3 Å². The Morgan fingerprint density at radius 2 is 1.48 bits per heavy atom. The van der Waals surface area contributed by atoms with Crippen molar-refractivity contribution in [3.63, 3.8) is 0 Å². The molecule has 4 nitrogen and oxygen atoms in total. The number of rotatable bonds is 6. The number of non-ortho nitro benzene ring substituents is 1. The lowest BCUT2D eigenvalue weighted by Crippen LogP contribution is -2.07. The minimum absolute atomic E-state index is 0.144. The molecule has 2 aromatic carbocycles. The third-order valence-corrected chi connectivity index (χ3v) is 3.75. The van der Waals surface area contributed by atoms with Crippen LogP contribution in [0.2, 0.25) is 0 Å². The van der Waals surface area contributed by atoms with Crippen LogP contribution in [-0.2, 0) is 12.8 Å². The van der Waals surface area contributed by atoms with Crippen LogP contribution in [-0.4, -0.2) is 4.92 Å². The Morgan fingerprint density at radius 3 is 1.90 bits per heavy atom. The maximum atomic E-state index is 10.7. The number of anilines is 1. The first-order valence-electron chi connectivity index (χ1n) is 7.16. The molecule has 2 N–H and O–H groups in total. The summed E-state index contributed by atoms with van der Waals surface area (Å²) in [4.78, 5) is 10.3. The second-order valence-electron chi connectivity index (χ2n) is 5.35. The van der Waals surface area contributed by atoms with Crippen molar-refractivity contribution < 1.29 is 4.92 Å². The van der Waals surface area contributed by atoms with Crippen molar-refractivity contribution in [3.05, 3.63) is 69.8 Å². The van der Waals surface area contributed by atoms with Gasteiger partial charge in [-0.1, -0.05) is 37.6 Å². The van der Waals surface area contributed by atoms with Crippen molar-refractivity contribution >= 4 is 11.4 Å². The summed E-state index contributed by atoms with van der Waals surface area (Å²) < 4.78 is 0. The maximum Gasteiger partial charge on any atom is 0.269 e. The predicted molar refractivity (Wildman–Crippen MR) is 85.1 cm³/mol. The topological polar surface area (TPSA) is 69.2 Å². The van der Waals surface area contributed by atoms with Gasteiger partial charge in [-0.25, -0.2) is 0 Å². The first-order chi connectivity index (χ1) is 10.1. The molecule has 0 aliphatic rings. The summed E-state index contributed by atoms with van der Waals surface area (Å²) >= 11 is 0. The molecule has 1 atom stereocenters. The van der Waals surface area contributed by atoms with E-state index in [4.69, 9.17) is 5.73 Å². The van der Waals surface area contributed by atoms with Crippen LogP contribution in [0.1, 0.15) is 24.5 Å². The van der Waals surface area contributed by atoms with Gasteiger partial charge >= 0.3 is 0 Å². The van der Waals surface area contributed by atoms with Crippen molar-refractivity contribution in [2.24, 2.45) is 5.92 Å². The minimum Gasteiger partial charge on any atom is -0.399 e. The van der Waals surface area contributed by atoms with E-state index in [1.54, 1.807) is 12.1 Å². The first kappa shape index (κ1) is 15.0. The number of benzene rings is 2. The van der Waals surface area contributed by atoms with E-state index in [-0.39, 0.29) is 10.6 Å². The van der Waals surface area contributed by atoms with E-state index in [1.165, 1.54) is 5.56 Å². The molecule has 21 heavy (non-hydrogen) atoms. The summed E-state index contributed by atoms with van der Waals surface area (Å²) in [5.74, 6) is 0.523. The summed E-state index contributed by atoms with van der Waals surface area (Å²) in [7, 11) is 0. The highest BCUT2D eigenvalue weighted by atomic mass is 16.6. The second-order valence-corrected chi connectivity index (χ2v) is 5.35. The van der Waals surface area contributed by atoms with Gasteiger partial charge in [-0.2, -0.15) is 0 Å². The number of nitrogens with two attached hydrogens (primary N) is 1. The highest BCUT2D eigenvalue weighted by Crippen LogP contribution is 2.20. The van der Waals surface area contributed by atoms with E-state index < -0.39 is 0 Å². The lowest BCUT2D eigenvalue weighted by molar-refractivity contribution is -0.384. The SMILES string of the molecule is CCC(Cc1ccc(N)cc1)Cc1ccc([N+](=O)[O-])cc1. The van der Waals surface area contributed by atoms with Gasteiger partial charge in [-0.05, 0) is 42.0 Å². The van der Waals surface area contributed by atoms with Crippen LogP contribution in [0.25, 0.3) is 0 Å². The molecule has 0 heterocycles. The molecule has 0 aromatic heterocycles. The Kier molecular flexibility index (Phi) is 4.93. The van der Waals surface area contributed by atoms with Crippen LogP contribution in [0.4, 0.5) is 11.4 Å². The first-order valence-corrected chi connectivity index (χ1v) is 7.16. The molecule has 0 radical (unpaired) electrons. The number of hydrogen-bond donors (Lipinski definition) is 1.